The van der Waals surface area contributed by atoms with Crippen molar-refractivity contribution in [2.75, 3.05) is 26.2 Å². The van der Waals surface area contributed by atoms with E-state index in [9.17, 15) is 9.59 Å². The molecule has 7 heteroatoms. The molecule has 2 aromatic rings. The molecule has 3 rings (SSSR count). The first-order valence-corrected chi connectivity index (χ1v) is 7.52. The van der Waals surface area contributed by atoms with Crippen LogP contribution in [-0.2, 0) is 18.3 Å². The SMILES string of the molecule is Cc1nc2c(c(C)c1CC(=O)N1CCNCC1)c(=O)[nH]n2C. The average Bonchev–Trinajstić information content (AvgIpc) is 2.78. The Morgan fingerprint density at radius 2 is 1.95 bits per heavy atom. The lowest BCUT2D eigenvalue weighted by Gasteiger charge is -2.27. The highest BCUT2D eigenvalue weighted by Crippen LogP contribution is 2.20. The molecule has 0 atom stereocenters. The summed E-state index contributed by atoms with van der Waals surface area (Å²) in [5.41, 5.74) is 3.01. The number of piperazine rings is 1. The standard InChI is InChI=1S/C15H21N5O2/c1-9-11(8-12(21)20-6-4-16-5-7-20)10(2)17-14-13(9)15(22)18-19(14)3/h16H,4-8H2,1-3H3,(H,18,22). The molecule has 1 aliphatic heterocycles. The molecule has 2 aromatic heterocycles. The zero-order chi connectivity index (χ0) is 15.9. The Bertz CT molecular complexity index is 783. The number of H-pyrrole nitrogens is 1. The monoisotopic (exact) mass is 303 g/mol. The Morgan fingerprint density at radius 1 is 1.27 bits per heavy atom. The van der Waals surface area contributed by atoms with Crippen molar-refractivity contribution in [1.82, 2.24) is 25.0 Å². The van der Waals surface area contributed by atoms with Crippen LogP contribution in [-0.4, -0.2) is 51.8 Å². The van der Waals surface area contributed by atoms with Gasteiger partial charge in [-0.15, -0.1) is 0 Å². The molecule has 3 heterocycles. The summed E-state index contributed by atoms with van der Waals surface area (Å²) in [6.45, 7) is 6.92. The Balaban J connectivity index is 1.98. The van der Waals surface area contributed by atoms with Gasteiger partial charge in [0, 0.05) is 38.9 Å². The Morgan fingerprint density at radius 3 is 2.64 bits per heavy atom. The van der Waals surface area contributed by atoms with Crippen LogP contribution in [0.3, 0.4) is 0 Å². The van der Waals surface area contributed by atoms with Gasteiger partial charge in [0.25, 0.3) is 5.56 Å². The van der Waals surface area contributed by atoms with Gasteiger partial charge in [-0.2, -0.15) is 0 Å². The third-order valence-corrected chi connectivity index (χ3v) is 4.37. The third kappa shape index (κ3) is 2.41. The van der Waals surface area contributed by atoms with Gasteiger partial charge in [0.2, 0.25) is 5.91 Å². The van der Waals surface area contributed by atoms with Crippen LogP contribution in [0.5, 0.6) is 0 Å². The van der Waals surface area contributed by atoms with Gasteiger partial charge in [0.1, 0.15) is 0 Å². The van der Waals surface area contributed by atoms with Crippen LogP contribution in [0.4, 0.5) is 0 Å². The highest BCUT2D eigenvalue weighted by Gasteiger charge is 2.21. The smallest absolute Gasteiger partial charge is 0.273 e. The second-order valence-corrected chi connectivity index (χ2v) is 5.81. The van der Waals surface area contributed by atoms with E-state index < -0.39 is 0 Å². The molecule has 22 heavy (non-hydrogen) atoms. The quantitative estimate of drug-likeness (QED) is 0.808. The van der Waals surface area contributed by atoms with Gasteiger partial charge in [-0.05, 0) is 25.0 Å². The molecule has 0 saturated carbocycles. The molecule has 1 aliphatic rings. The average molecular weight is 303 g/mol. The number of pyridine rings is 1. The van der Waals surface area contributed by atoms with Crippen molar-refractivity contribution in [3.63, 3.8) is 0 Å². The molecule has 1 fully saturated rings. The van der Waals surface area contributed by atoms with Gasteiger partial charge in [-0.3, -0.25) is 19.4 Å². The molecule has 2 N–H and O–H groups in total. The summed E-state index contributed by atoms with van der Waals surface area (Å²) in [6, 6.07) is 0. The van der Waals surface area contributed by atoms with Crippen molar-refractivity contribution in [1.29, 1.82) is 0 Å². The van der Waals surface area contributed by atoms with Crippen molar-refractivity contribution in [3.8, 4) is 0 Å². The maximum Gasteiger partial charge on any atom is 0.273 e. The third-order valence-electron chi connectivity index (χ3n) is 4.37. The number of fused-ring (bicyclic) bond motifs is 1. The number of carbonyl (C=O) groups is 1. The zero-order valence-corrected chi connectivity index (χ0v) is 13.2. The van der Waals surface area contributed by atoms with Gasteiger partial charge in [0.15, 0.2) is 5.65 Å². The summed E-state index contributed by atoms with van der Waals surface area (Å²) in [5.74, 6) is 0.0983. The zero-order valence-electron chi connectivity index (χ0n) is 13.2. The number of amides is 1. The first kappa shape index (κ1) is 14.8. The highest BCUT2D eigenvalue weighted by atomic mass is 16.2. The normalized spacial score (nSPS) is 15.5. The molecule has 0 aliphatic carbocycles. The minimum Gasteiger partial charge on any atom is -0.340 e. The van der Waals surface area contributed by atoms with Crippen LogP contribution < -0.4 is 10.9 Å². The summed E-state index contributed by atoms with van der Waals surface area (Å²) in [7, 11) is 1.77. The predicted octanol–water partition coefficient (Wildman–Crippen LogP) is -0.147. The Hall–Kier alpha value is -2.15. The first-order chi connectivity index (χ1) is 10.5. The Kier molecular flexibility index (Phi) is 3.74. The molecule has 7 nitrogen and oxygen atoms in total. The fraction of sp³-hybridized carbons (Fsp3) is 0.533. The molecular formula is C15H21N5O2. The second kappa shape index (κ2) is 5.57. The number of hydrogen-bond donors (Lipinski definition) is 2. The van der Waals surface area contributed by atoms with Crippen LogP contribution in [0.1, 0.15) is 16.8 Å². The van der Waals surface area contributed by atoms with Gasteiger partial charge in [-0.1, -0.05) is 0 Å². The summed E-state index contributed by atoms with van der Waals surface area (Å²) < 4.78 is 1.62. The lowest BCUT2D eigenvalue weighted by molar-refractivity contribution is -0.131. The largest absolute Gasteiger partial charge is 0.340 e. The molecule has 1 saturated heterocycles. The summed E-state index contributed by atoms with van der Waals surface area (Å²) in [4.78, 5) is 30.9. The molecule has 0 radical (unpaired) electrons. The fourth-order valence-corrected chi connectivity index (χ4v) is 3.09. The first-order valence-electron chi connectivity index (χ1n) is 7.52. The number of rotatable bonds is 2. The second-order valence-electron chi connectivity index (χ2n) is 5.81. The lowest BCUT2D eigenvalue weighted by Crippen LogP contribution is -2.47. The number of hydrogen-bond acceptors (Lipinski definition) is 4. The van der Waals surface area contributed by atoms with Crippen molar-refractivity contribution < 1.29 is 4.79 Å². The van der Waals surface area contributed by atoms with E-state index in [1.54, 1.807) is 11.7 Å². The van der Waals surface area contributed by atoms with Gasteiger partial charge in [0.05, 0.1) is 11.8 Å². The van der Waals surface area contributed by atoms with E-state index in [4.69, 9.17) is 0 Å². The number of carbonyl (C=O) groups excluding carboxylic acids is 1. The molecule has 0 bridgehead atoms. The highest BCUT2D eigenvalue weighted by molar-refractivity contribution is 5.84. The maximum atomic E-state index is 12.5. The van der Waals surface area contributed by atoms with Crippen molar-refractivity contribution >= 4 is 16.9 Å². The van der Waals surface area contributed by atoms with E-state index >= 15 is 0 Å². The predicted molar refractivity (Wildman–Crippen MR) is 84.0 cm³/mol. The minimum absolute atomic E-state index is 0.0983. The van der Waals surface area contributed by atoms with E-state index in [0.717, 1.165) is 43.0 Å². The van der Waals surface area contributed by atoms with Crippen molar-refractivity contribution in [3.05, 3.63) is 27.2 Å². The molecule has 0 unspecified atom stereocenters. The summed E-state index contributed by atoms with van der Waals surface area (Å²) in [6.07, 6.45) is 0.301. The van der Waals surface area contributed by atoms with Crippen LogP contribution in [0.15, 0.2) is 4.79 Å². The fourth-order valence-electron chi connectivity index (χ4n) is 3.09. The van der Waals surface area contributed by atoms with Crippen LogP contribution in [0.2, 0.25) is 0 Å². The number of aromatic amines is 1. The van der Waals surface area contributed by atoms with E-state index in [-0.39, 0.29) is 11.5 Å². The molecule has 1 amide bonds. The molecular weight excluding hydrogens is 282 g/mol. The van der Waals surface area contributed by atoms with Crippen molar-refractivity contribution in [2.45, 2.75) is 20.3 Å². The van der Waals surface area contributed by atoms with E-state index in [1.165, 1.54) is 0 Å². The minimum atomic E-state index is -0.154. The van der Waals surface area contributed by atoms with Gasteiger partial charge < -0.3 is 10.2 Å². The van der Waals surface area contributed by atoms with E-state index in [1.807, 2.05) is 18.7 Å². The maximum absolute atomic E-state index is 12.5. The van der Waals surface area contributed by atoms with E-state index in [2.05, 4.69) is 15.4 Å². The van der Waals surface area contributed by atoms with Crippen molar-refractivity contribution in [2.24, 2.45) is 7.05 Å². The van der Waals surface area contributed by atoms with Gasteiger partial charge in [-0.25, -0.2) is 4.98 Å². The van der Waals surface area contributed by atoms with Crippen LogP contribution in [0, 0.1) is 13.8 Å². The summed E-state index contributed by atoms with van der Waals surface area (Å²) in [5, 5.41) is 6.54. The number of nitrogens with zero attached hydrogens (tertiary/aromatic N) is 3. The van der Waals surface area contributed by atoms with E-state index in [0.29, 0.717) is 17.5 Å². The number of aryl methyl sites for hydroxylation is 3. The van der Waals surface area contributed by atoms with Crippen LogP contribution >= 0.6 is 0 Å². The Labute approximate surface area is 128 Å². The van der Waals surface area contributed by atoms with Crippen LogP contribution in [0.25, 0.3) is 11.0 Å². The topological polar surface area (TPSA) is 83.0 Å². The number of nitrogens with one attached hydrogen (secondary N) is 2. The lowest BCUT2D eigenvalue weighted by atomic mass is 10.0. The number of aromatic nitrogens is 3. The molecule has 0 spiro atoms. The summed E-state index contributed by atoms with van der Waals surface area (Å²) >= 11 is 0. The molecule has 118 valence electrons. The van der Waals surface area contributed by atoms with Gasteiger partial charge >= 0.3 is 0 Å². The molecule has 0 aromatic carbocycles.